The average Bonchev–Trinajstić information content (AvgIpc) is 2.72. The number of ether oxygens (including phenoxy) is 2. The van der Waals surface area contributed by atoms with Gasteiger partial charge in [0.25, 0.3) is 0 Å². The van der Waals surface area contributed by atoms with Crippen LogP contribution in [0.1, 0.15) is 18.1 Å². The van der Waals surface area contributed by atoms with E-state index >= 15 is 0 Å². The maximum atomic E-state index is 7.22. The molecule has 0 spiro atoms. The Hall–Kier alpha value is -1.92. The van der Waals surface area contributed by atoms with Crippen LogP contribution in [0, 0.1) is 12.3 Å². The summed E-state index contributed by atoms with van der Waals surface area (Å²) in [6.07, 6.45) is 5.98. The van der Waals surface area contributed by atoms with E-state index < -0.39 is 0 Å². The molecule has 3 nitrogen and oxygen atoms in total. The van der Waals surface area contributed by atoms with Crippen molar-refractivity contribution in [2.24, 2.45) is 0 Å². The van der Waals surface area contributed by atoms with Gasteiger partial charge in [0.2, 0.25) is 0 Å². The zero-order valence-corrected chi connectivity index (χ0v) is 20.4. The molecule has 29 heavy (non-hydrogen) atoms. The zero-order chi connectivity index (χ0) is 20.4. The van der Waals surface area contributed by atoms with Gasteiger partial charge in [0.1, 0.15) is 6.61 Å². The van der Waals surface area contributed by atoms with Crippen molar-refractivity contribution in [3.05, 3.63) is 77.5 Å². The first-order chi connectivity index (χ1) is 13.6. The number of benzene rings is 3. The van der Waals surface area contributed by atoms with Gasteiger partial charge in [-0.2, -0.15) is 5.25 Å². The van der Waals surface area contributed by atoms with Crippen molar-refractivity contribution in [2.45, 2.75) is 25.1 Å². The molecule has 0 aromatic heterocycles. The largest absolute Gasteiger partial charge is 2.00 e. The molecule has 0 aliphatic heterocycles. The molecule has 0 saturated carbocycles. The second kappa shape index (κ2) is 13.3. The number of terminal acetylenes is 1. The summed E-state index contributed by atoms with van der Waals surface area (Å²) in [5.41, 5.74) is 9.44. The van der Waals surface area contributed by atoms with Crippen LogP contribution in [0.3, 0.4) is 0 Å². The molecule has 0 saturated heterocycles. The van der Waals surface area contributed by atoms with Gasteiger partial charge in [0, 0.05) is 0 Å². The third-order valence-electron chi connectivity index (χ3n) is 4.08. The molecule has 0 aliphatic rings. The molecule has 150 valence electrons. The molecular weight excluding hydrogens is 550 g/mol. The molecule has 0 amide bonds. The molecule has 3 aromatic rings. The third-order valence-corrected chi connectivity index (χ3v) is 4.25. The molecular formula is C24H25NO2SW. The van der Waals surface area contributed by atoms with Gasteiger partial charge < -0.3 is 27.8 Å². The molecule has 5 heteroatoms. The topological polar surface area (TPSA) is 42.3 Å². The first-order valence-electron chi connectivity index (χ1n) is 9.08. The molecule has 1 atom stereocenters. The minimum Gasteiger partial charge on any atom is -0.789 e. The normalized spacial score (nSPS) is 10.7. The van der Waals surface area contributed by atoms with Crippen LogP contribution in [0.15, 0.2) is 60.7 Å². The summed E-state index contributed by atoms with van der Waals surface area (Å²) in [7, 11) is 1.61. The summed E-state index contributed by atoms with van der Waals surface area (Å²) in [5, 5.41) is 2.68. The minimum atomic E-state index is 0. The van der Waals surface area contributed by atoms with Gasteiger partial charge >= 0.3 is 21.1 Å². The summed E-state index contributed by atoms with van der Waals surface area (Å²) in [5.74, 6) is 3.79. The Bertz CT molecular complexity index is 938. The Morgan fingerprint density at radius 2 is 1.69 bits per heavy atom. The zero-order valence-electron chi connectivity index (χ0n) is 16.7. The van der Waals surface area contributed by atoms with Gasteiger partial charge in [-0.3, -0.25) is 0 Å². The Kier molecular flexibility index (Phi) is 11.5. The number of methoxy groups -OCH3 is 1. The maximum Gasteiger partial charge on any atom is 2.00 e. The predicted octanol–water partition coefficient (Wildman–Crippen LogP) is 5.57. The van der Waals surface area contributed by atoms with E-state index in [9.17, 15) is 0 Å². The Labute approximate surface area is 193 Å². The van der Waals surface area contributed by atoms with Gasteiger partial charge in [-0.15, -0.1) is 13.0 Å². The van der Waals surface area contributed by atoms with Crippen LogP contribution >= 0.6 is 0 Å². The number of nitrogens with one attached hydrogen (secondary N) is 1. The van der Waals surface area contributed by atoms with Crippen LogP contribution in [0.4, 0.5) is 0 Å². The fraction of sp³-hybridized carbons (Fsp3) is 0.250. The van der Waals surface area contributed by atoms with Crippen LogP contribution in [-0.2, 0) is 46.7 Å². The third kappa shape index (κ3) is 8.15. The maximum absolute atomic E-state index is 7.22. The number of hydrogen-bond donors (Lipinski definition) is 0. The average molecular weight is 575 g/mol. The fourth-order valence-corrected chi connectivity index (χ4v) is 2.95. The van der Waals surface area contributed by atoms with E-state index in [1.165, 1.54) is 10.8 Å². The molecule has 3 aromatic carbocycles. The number of rotatable bonds is 6. The first kappa shape index (κ1) is 25.1. The molecule has 0 aliphatic carbocycles. The van der Waals surface area contributed by atoms with E-state index in [4.69, 9.17) is 34.3 Å². The van der Waals surface area contributed by atoms with Crippen LogP contribution in [0.5, 0.6) is 11.5 Å². The van der Waals surface area contributed by atoms with Crippen molar-refractivity contribution < 1.29 is 30.5 Å². The van der Waals surface area contributed by atoms with Crippen molar-refractivity contribution in [3.8, 4) is 23.8 Å². The smallest absolute Gasteiger partial charge is 0.789 e. The molecule has 0 radical (unpaired) electrons. The predicted molar refractivity (Wildman–Crippen MR) is 120 cm³/mol. The van der Waals surface area contributed by atoms with Crippen LogP contribution in [-0.4, -0.2) is 19.0 Å². The quantitative estimate of drug-likeness (QED) is 0.285. The van der Waals surface area contributed by atoms with E-state index in [0.717, 1.165) is 17.5 Å². The van der Waals surface area contributed by atoms with Crippen LogP contribution < -0.4 is 9.47 Å². The van der Waals surface area contributed by atoms with Crippen LogP contribution in [0.25, 0.3) is 16.5 Å². The summed E-state index contributed by atoms with van der Waals surface area (Å²) < 4.78 is 10.6. The Morgan fingerprint density at radius 3 is 2.31 bits per heavy atom. The SMILES string of the molecule is C#CCOc1ccc(CC(C)[S-])cc1OC.[NH-]Cc1ccc2ccccc2c1.[W+2]. The van der Waals surface area contributed by atoms with E-state index in [-0.39, 0.29) is 32.9 Å². The summed E-state index contributed by atoms with van der Waals surface area (Å²) >= 11 is 5.14. The van der Waals surface area contributed by atoms with Crippen molar-refractivity contribution >= 4 is 23.4 Å². The minimum absolute atomic E-state index is 0. The second-order valence-corrected chi connectivity index (χ2v) is 7.16. The number of hydrogen-bond acceptors (Lipinski definition) is 3. The first-order valence-corrected chi connectivity index (χ1v) is 9.55. The summed E-state index contributed by atoms with van der Waals surface area (Å²) in [4.78, 5) is 0. The summed E-state index contributed by atoms with van der Waals surface area (Å²) in [6, 6.07) is 20.2. The monoisotopic (exact) mass is 575 g/mol. The summed E-state index contributed by atoms with van der Waals surface area (Å²) in [6.45, 7) is 2.61. The molecule has 1 N–H and O–H groups in total. The van der Waals surface area contributed by atoms with E-state index in [1.54, 1.807) is 7.11 Å². The molecule has 0 bridgehead atoms. The molecule has 0 heterocycles. The van der Waals surface area contributed by atoms with Crippen LogP contribution in [0.2, 0.25) is 0 Å². The van der Waals surface area contributed by atoms with E-state index in [1.807, 2.05) is 43.3 Å². The van der Waals surface area contributed by atoms with Crippen molar-refractivity contribution in [1.29, 1.82) is 0 Å². The molecule has 1 unspecified atom stereocenters. The van der Waals surface area contributed by atoms with Crippen molar-refractivity contribution in [2.75, 3.05) is 13.7 Å². The van der Waals surface area contributed by atoms with Gasteiger partial charge in [-0.25, -0.2) is 0 Å². The molecule has 0 fully saturated rings. The second-order valence-electron chi connectivity index (χ2n) is 6.35. The van der Waals surface area contributed by atoms with Crippen molar-refractivity contribution in [3.63, 3.8) is 0 Å². The van der Waals surface area contributed by atoms with Gasteiger partial charge in [0.05, 0.1) is 7.11 Å². The number of fused-ring (bicyclic) bond motifs is 1. The standard InChI is InChI=1S/C13H16O2S.C11H10N.W/c1-4-7-15-12-6-5-11(8-10(2)16)9-13(12)14-3;12-8-9-5-6-10-3-1-2-4-11(10)7-9;/h1,5-6,9-10,16H,7-8H2,2-3H3;1-7,12H,8H2;/q;-1;+2/p-1. The Morgan fingerprint density at radius 1 is 1.00 bits per heavy atom. The molecule has 3 rings (SSSR count). The van der Waals surface area contributed by atoms with E-state index in [2.05, 4.69) is 30.2 Å². The van der Waals surface area contributed by atoms with Gasteiger partial charge in [-0.05, 0) is 34.9 Å². The van der Waals surface area contributed by atoms with Gasteiger partial charge in [0.15, 0.2) is 11.5 Å². The Balaban J connectivity index is 0.000000289. The van der Waals surface area contributed by atoms with Crippen molar-refractivity contribution in [1.82, 2.24) is 0 Å². The van der Waals surface area contributed by atoms with Gasteiger partial charge in [-0.1, -0.05) is 66.9 Å². The van der Waals surface area contributed by atoms with E-state index in [0.29, 0.717) is 18.0 Å². The fourth-order valence-electron chi connectivity index (χ4n) is 2.76.